The van der Waals surface area contributed by atoms with E-state index in [1.54, 1.807) is 0 Å². The molecule has 0 N–H and O–H groups in total. The number of para-hydroxylation sites is 1. The average molecular weight is 339 g/mol. The summed E-state index contributed by atoms with van der Waals surface area (Å²) in [7, 11) is 2.20. The Kier molecular flexibility index (Phi) is 4.91. The number of hydrogen-bond donors (Lipinski definition) is 0. The normalized spacial score (nSPS) is 20.5. The molecule has 1 aliphatic heterocycles. The first-order valence-electron chi connectivity index (χ1n) is 9.75. The fraction of sp³-hybridized carbons (Fsp3) is 0.571. The van der Waals surface area contributed by atoms with Gasteiger partial charge in [-0.05, 0) is 31.9 Å². The van der Waals surface area contributed by atoms with Gasteiger partial charge in [-0.3, -0.25) is 9.69 Å². The highest BCUT2D eigenvalue weighted by molar-refractivity contribution is 5.99. The van der Waals surface area contributed by atoms with Gasteiger partial charge in [0, 0.05) is 61.4 Å². The molecule has 2 heterocycles. The van der Waals surface area contributed by atoms with Crippen molar-refractivity contribution >= 4 is 17.2 Å². The van der Waals surface area contributed by atoms with Crippen molar-refractivity contribution in [3.05, 3.63) is 35.5 Å². The van der Waals surface area contributed by atoms with Crippen molar-refractivity contribution in [2.24, 2.45) is 0 Å². The summed E-state index contributed by atoms with van der Waals surface area (Å²) in [6, 6.07) is 8.45. The van der Waals surface area contributed by atoms with Gasteiger partial charge in [0.25, 0.3) is 0 Å². The van der Waals surface area contributed by atoms with Gasteiger partial charge in [0.1, 0.15) is 0 Å². The second kappa shape index (κ2) is 7.30. The summed E-state index contributed by atoms with van der Waals surface area (Å²) in [5.41, 5.74) is 3.49. The quantitative estimate of drug-likeness (QED) is 0.782. The molecule has 1 saturated heterocycles. The van der Waals surface area contributed by atoms with Gasteiger partial charge >= 0.3 is 0 Å². The molecule has 4 heteroatoms. The zero-order valence-electron chi connectivity index (χ0n) is 15.3. The molecule has 1 saturated carbocycles. The molecule has 0 spiro atoms. The highest BCUT2D eigenvalue weighted by Gasteiger charge is 2.26. The fourth-order valence-corrected chi connectivity index (χ4v) is 4.67. The van der Waals surface area contributed by atoms with E-state index in [0.29, 0.717) is 5.92 Å². The minimum Gasteiger partial charge on any atom is -0.342 e. The van der Waals surface area contributed by atoms with Crippen LogP contribution in [0.3, 0.4) is 0 Å². The molecule has 0 radical (unpaired) electrons. The topological polar surface area (TPSA) is 28.5 Å². The number of aldehydes is 1. The molecular formula is C21H29N3O. The largest absolute Gasteiger partial charge is 0.342 e. The van der Waals surface area contributed by atoms with Gasteiger partial charge in [0.15, 0.2) is 6.29 Å². The van der Waals surface area contributed by atoms with Crippen LogP contribution in [0.2, 0.25) is 0 Å². The Morgan fingerprint density at radius 1 is 1.04 bits per heavy atom. The SMILES string of the molecule is CN1CCN(CCn2c(C3CCCC3)c(C=O)c3ccccc32)CC1. The molecule has 0 unspecified atom stereocenters. The van der Waals surface area contributed by atoms with Crippen LogP contribution < -0.4 is 0 Å². The Hall–Kier alpha value is -1.65. The summed E-state index contributed by atoms with van der Waals surface area (Å²) in [6.07, 6.45) is 6.14. The Labute approximate surface area is 150 Å². The molecule has 0 bridgehead atoms. The molecule has 2 aliphatic rings. The van der Waals surface area contributed by atoms with Crippen molar-refractivity contribution in [3.8, 4) is 0 Å². The maximum Gasteiger partial charge on any atom is 0.152 e. The van der Waals surface area contributed by atoms with Crippen molar-refractivity contribution in [1.82, 2.24) is 14.4 Å². The van der Waals surface area contributed by atoms with E-state index >= 15 is 0 Å². The second-order valence-electron chi connectivity index (χ2n) is 7.71. The summed E-state index contributed by atoms with van der Waals surface area (Å²) < 4.78 is 2.47. The highest BCUT2D eigenvalue weighted by Crippen LogP contribution is 2.39. The van der Waals surface area contributed by atoms with E-state index in [4.69, 9.17) is 0 Å². The lowest BCUT2D eigenvalue weighted by Crippen LogP contribution is -2.45. The van der Waals surface area contributed by atoms with Gasteiger partial charge < -0.3 is 9.47 Å². The van der Waals surface area contributed by atoms with Crippen molar-refractivity contribution < 1.29 is 4.79 Å². The van der Waals surface area contributed by atoms with Crippen LogP contribution in [-0.2, 0) is 6.54 Å². The summed E-state index contributed by atoms with van der Waals surface area (Å²) in [5.74, 6) is 0.556. The third-order valence-corrected chi connectivity index (χ3v) is 6.15. The Morgan fingerprint density at radius 2 is 1.76 bits per heavy atom. The van der Waals surface area contributed by atoms with Crippen molar-refractivity contribution in [3.63, 3.8) is 0 Å². The van der Waals surface area contributed by atoms with Crippen LogP contribution in [0.1, 0.15) is 47.7 Å². The second-order valence-corrected chi connectivity index (χ2v) is 7.71. The highest BCUT2D eigenvalue weighted by atomic mass is 16.1. The standard InChI is InChI=1S/C21H29N3O/c1-22-10-12-23(13-11-22)14-15-24-20-9-5-4-8-18(20)19(16-25)21(24)17-6-2-3-7-17/h4-5,8-9,16-17H,2-3,6-7,10-15H2,1H3. The van der Waals surface area contributed by atoms with Crippen LogP contribution in [0.5, 0.6) is 0 Å². The van der Waals surface area contributed by atoms with Gasteiger partial charge in [0.2, 0.25) is 0 Å². The van der Waals surface area contributed by atoms with Crippen molar-refractivity contribution in [2.75, 3.05) is 39.8 Å². The molecule has 25 heavy (non-hydrogen) atoms. The van der Waals surface area contributed by atoms with Crippen LogP contribution >= 0.6 is 0 Å². The van der Waals surface area contributed by atoms with Crippen molar-refractivity contribution in [2.45, 2.75) is 38.1 Å². The van der Waals surface area contributed by atoms with Gasteiger partial charge in [-0.25, -0.2) is 0 Å². The van der Waals surface area contributed by atoms with Gasteiger partial charge in [-0.2, -0.15) is 0 Å². The fourth-order valence-electron chi connectivity index (χ4n) is 4.67. The third kappa shape index (κ3) is 3.25. The maximum atomic E-state index is 11.9. The molecule has 1 aromatic carbocycles. The van der Waals surface area contributed by atoms with E-state index in [2.05, 4.69) is 45.7 Å². The number of rotatable bonds is 5. The average Bonchev–Trinajstić information content (AvgIpc) is 3.27. The predicted octanol–water partition coefficient (Wildman–Crippen LogP) is 3.36. The van der Waals surface area contributed by atoms with E-state index in [1.807, 2.05) is 0 Å². The number of likely N-dealkylation sites (N-methyl/N-ethyl adjacent to an activating group) is 1. The van der Waals surface area contributed by atoms with Gasteiger partial charge in [0.05, 0.1) is 0 Å². The number of nitrogens with zero attached hydrogens (tertiary/aromatic N) is 3. The molecular weight excluding hydrogens is 310 g/mol. The van der Waals surface area contributed by atoms with Crippen molar-refractivity contribution in [1.29, 1.82) is 0 Å². The van der Waals surface area contributed by atoms with E-state index < -0.39 is 0 Å². The monoisotopic (exact) mass is 339 g/mol. The van der Waals surface area contributed by atoms with E-state index in [1.165, 1.54) is 36.9 Å². The number of aromatic nitrogens is 1. The summed E-state index contributed by atoms with van der Waals surface area (Å²) in [5, 5.41) is 1.14. The smallest absolute Gasteiger partial charge is 0.152 e. The minimum atomic E-state index is 0.556. The molecule has 2 aromatic rings. The zero-order chi connectivity index (χ0) is 17.2. The van der Waals surface area contributed by atoms with Crippen LogP contribution in [-0.4, -0.2) is 60.4 Å². The summed E-state index contributed by atoms with van der Waals surface area (Å²) >= 11 is 0. The van der Waals surface area contributed by atoms with Gasteiger partial charge in [-0.1, -0.05) is 31.0 Å². The first-order chi connectivity index (χ1) is 12.3. The summed E-state index contributed by atoms with van der Waals surface area (Å²) in [6.45, 7) is 6.67. The number of carbonyl (C=O) groups excluding carboxylic acids is 1. The first kappa shape index (κ1) is 16.8. The Bertz CT molecular complexity index is 737. The first-order valence-corrected chi connectivity index (χ1v) is 9.75. The van der Waals surface area contributed by atoms with Crippen LogP contribution in [0, 0.1) is 0 Å². The molecule has 4 rings (SSSR count). The molecule has 0 atom stereocenters. The molecule has 1 aliphatic carbocycles. The van der Waals surface area contributed by atoms with E-state index in [-0.39, 0.29) is 0 Å². The molecule has 4 nitrogen and oxygen atoms in total. The number of carbonyl (C=O) groups is 1. The van der Waals surface area contributed by atoms with Gasteiger partial charge in [-0.15, -0.1) is 0 Å². The zero-order valence-corrected chi connectivity index (χ0v) is 15.3. The van der Waals surface area contributed by atoms with Crippen LogP contribution in [0.15, 0.2) is 24.3 Å². The van der Waals surface area contributed by atoms with E-state index in [9.17, 15) is 4.79 Å². The Morgan fingerprint density at radius 3 is 2.48 bits per heavy atom. The molecule has 134 valence electrons. The minimum absolute atomic E-state index is 0.556. The van der Waals surface area contributed by atoms with Crippen LogP contribution in [0.4, 0.5) is 0 Å². The lowest BCUT2D eigenvalue weighted by atomic mass is 9.99. The van der Waals surface area contributed by atoms with Crippen LogP contribution in [0.25, 0.3) is 10.9 Å². The van der Waals surface area contributed by atoms with E-state index in [0.717, 1.165) is 56.5 Å². The molecule has 2 fully saturated rings. The predicted molar refractivity (Wildman–Crippen MR) is 102 cm³/mol. The number of benzene rings is 1. The maximum absolute atomic E-state index is 11.9. The third-order valence-electron chi connectivity index (χ3n) is 6.15. The lowest BCUT2D eigenvalue weighted by Gasteiger charge is -2.32. The molecule has 0 amide bonds. The number of fused-ring (bicyclic) bond motifs is 1. The number of piperazine rings is 1. The summed E-state index contributed by atoms with van der Waals surface area (Å²) in [4.78, 5) is 16.9. The lowest BCUT2D eigenvalue weighted by molar-refractivity contribution is 0.112. The molecule has 1 aromatic heterocycles. The number of hydrogen-bond acceptors (Lipinski definition) is 3. The Balaban J connectivity index is 1.66.